The number of hydrogen-bond donors (Lipinski definition) is 4. The van der Waals surface area contributed by atoms with Crippen LogP contribution in [0.2, 0.25) is 0 Å². The third kappa shape index (κ3) is 9.68. The van der Waals surface area contributed by atoms with E-state index in [1.165, 1.54) is 42.5 Å². The minimum absolute atomic E-state index is 0.0149. The smallest absolute Gasteiger partial charge is 0.412 e. The van der Waals surface area contributed by atoms with Crippen LogP contribution >= 0.6 is 15.9 Å². The van der Waals surface area contributed by atoms with Crippen LogP contribution in [0.15, 0.2) is 70.0 Å². The zero-order chi connectivity index (χ0) is 31.9. The molecular weight excluding hydrogens is 652 g/mol. The van der Waals surface area contributed by atoms with Crippen molar-refractivity contribution in [1.29, 1.82) is 0 Å². The molecule has 0 radical (unpaired) electrons. The predicted molar refractivity (Wildman–Crippen MR) is 159 cm³/mol. The molecule has 0 atom stereocenters. The Balaban J connectivity index is 1.79. The number of rotatable bonds is 11. The van der Waals surface area contributed by atoms with E-state index in [0.717, 1.165) is 18.2 Å². The molecule has 14 nitrogen and oxygen atoms in total. The number of nitro benzene ring substituents is 1. The van der Waals surface area contributed by atoms with Gasteiger partial charge in [-0.3, -0.25) is 25.0 Å². The molecule has 16 heteroatoms. The summed E-state index contributed by atoms with van der Waals surface area (Å²) in [6.45, 7) is 5.05. The molecule has 228 valence electrons. The minimum Gasteiger partial charge on any atom is -0.481 e. The Morgan fingerprint density at radius 1 is 1.02 bits per heavy atom. The van der Waals surface area contributed by atoms with Crippen LogP contribution in [0.1, 0.15) is 37.6 Å². The van der Waals surface area contributed by atoms with Gasteiger partial charge in [-0.15, -0.1) is 0 Å². The molecular formula is C27H27BrN4O10S. The molecule has 2 amide bonds. The summed E-state index contributed by atoms with van der Waals surface area (Å²) in [6, 6.07) is 13.2. The summed E-state index contributed by atoms with van der Waals surface area (Å²) in [5.74, 6) is -1.96. The number of sulfonamides is 1. The SMILES string of the molecule is CC(C)(C)OC(=O)Nc1ccc(Oc2cc(Br)ccc2C(=O)NS(=O)(=O)c2ccc(NCCC(=O)O)c([N+](=O)[O-])c2)cc1. The van der Waals surface area contributed by atoms with Crippen molar-refractivity contribution in [3.63, 3.8) is 0 Å². The standard InChI is InChI=1S/C27H27BrN4O10S/c1-27(2,3)42-26(36)30-17-5-7-18(8-6-17)41-23-14-16(28)4-10-20(23)25(35)31-43(39,40)19-9-11-21(22(15-19)32(37)38)29-13-12-24(33)34/h4-11,14-15,29H,12-13H2,1-3H3,(H,30,36)(H,31,35)(H,33,34). The number of nitrogens with one attached hydrogen (secondary N) is 3. The number of amides is 2. The van der Waals surface area contributed by atoms with Crippen LogP contribution in [0, 0.1) is 10.1 Å². The van der Waals surface area contributed by atoms with Crippen LogP contribution in [-0.2, 0) is 19.6 Å². The monoisotopic (exact) mass is 678 g/mol. The van der Waals surface area contributed by atoms with Crippen LogP contribution in [0.4, 0.5) is 21.9 Å². The summed E-state index contributed by atoms with van der Waals surface area (Å²) in [5.41, 5.74) is -1.15. The second-order valence-corrected chi connectivity index (χ2v) is 12.4. The first-order valence-corrected chi connectivity index (χ1v) is 14.7. The van der Waals surface area contributed by atoms with E-state index < -0.39 is 49.1 Å². The second kappa shape index (κ2) is 13.5. The Labute approximate surface area is 254 Å². The normalized spacial score (nSPS) is 11.3. The molecule has 0 unspecified atom stereocenters. The van der Waals surface area contributed by atoms with Crippen molar-refractivity contribution in [2.24, 2.45) is 0 Å². The molecule has 0 aromatic heterocycles. The number of carbonyl (C=O) groups is 3. The number of ether oxygens (including phenoxy) is 2. The van der Waals surface area contributed by atoms with E-state index in [-0.39, 0.29) is 35.7 Å². The average Bonchev–Trinajstić information content (AvgIpc) is 2.88. The van der Waals surface area contributed by atoms with E-state index in [0.29, 0.717) is 10.2 Å². The number of carbonyl (C=O) groups excluding carboxylic acids is 2. The van der Waals surface area contributed by atoms with Gasteiger partial charge in [0.15, 0.2) is 0 Å². The second-order valence-electron chi connectivity index (χ2n) is 9.84. The van der Waals surface area contributed by atoms with Crippen LogP contribution < -0.4 is 20.1 Å². The Hall–Kier alpha value is -4.70. The summed E-state index contributed by atoms with van der Waals surface area (Å²) < 4.78 is 39.4. The number of nitro groups is 1. The lowest BCUT2D eigenvalue weighted by Gasteiger charge is -2.19. The highest BCUT2D eigenvalue weighted by Crippen LogP contribution is 2.31. The third-order valence-electron chi connectivity index (χ3n) is 5.27. The van der Waals surface area contributed by atoms with Crippen molar-refractivity contribution < 1.29 is 42.3 Å². The van der Waals surface area contributed by atoms with E-state index in [4.69, 9.17) is 14.6 Å². The first-order chi connectivity index (χ1) is 20.0. The zero-order valence-electron chi connectivity index (χ0n) is 23.0. The van der Waals surface area contributed by atoms with Gasteiger partial charge in [0.05, 0.1) is 21.8 Å². The molecule has 0 aliphatic carbocycles. The molecule has 0 spiro atoms. The number of nitrogens with zero attached hydrogens (tertiary/aromatic N) is 1. The van der Waals surface area contributed by atoms with Crippen molar-refractivity contribution in [3.05, 3.63) is 80.8 Å². The van der Waals surface area contributed by atoms with Gasteiger partial charge in [0.25, 0.3) is 21.6 Å². The van der Waals surface area contributed by atoms with Crippen LogP contribution in [0.5, 0.6) is 11.5 Å². The molecule has 0 aliphatic heterocycles. The highest BCUT2D eigenvalue weighted by molar-refractivity contribution is 9.10. The van der Waals surface area contributed by atoms with E-state index in [2.05, 4.69) is 26.6 Å². The number of anilines is 2. The number of benzene rings is 3. The van der Waals surface area contributed by atoms with Gasteiger partial charge >= 0.3 is 12.1 Å². The average molecular weight is 680 g/mol. The minimum atomic E-state index is -4.59. The fraction of sp³-hybridized carbons (Fsp3) is 0.222. The largest absolute Gasteiger partial charge is 0.481 e. The third-order valence-corrected chi connectivity index (χ3v) is 7.10. The Bertz CT molecular complexity index is 1660. The summed E-state index contributed by atoms with van der Waals surface area (Å²) >= 11 is 3.28. The van der Waals surface area contributed by atoms with Gasteiger partial charge < -0.3 is 19.9 Å². The number of halogens is 1. The first-order valence-electron chi connectivity index (χ1n) is 12.4. The molecule has 3 aromatic carbocycles. The maximum atomic E-state index is 13.1. The van der Waals surface area contributed by atoms with Gasteiger partial charge in [0.2, 0.25) is 0 Å². The highest BCUT2D eigenvalue weighted by Gasteiger charge is 2.25. The Morgan fingerprint density at radius 3 is 2.30 bits per heavy atom. The molecule has 43 heavy (non-hydrogen) atoms. The van der Waals surface area contributed by atoms with E-state index in [1.807, 2.05) is 4.72 Å². The van der Waals surface area contributed by atoms with Crippen molar-refractivity contribution in [1.82, 2.24) is 4.72 Å². The van der Waals surface area contributed by atoms with Gasteiger partial charge in [0.1, 0.15) is 22.8 Å². The van der Waals surface area contributed by atoms with Crippen LogP contribution in [0.25, 0.3) is 0 Å². The van der Waals surface area contributed by atoms with E-state index in [1.54, 1.807) is 20.8 Å². The molecule has 0 aliphatic rings. The number of carboxylic acids is 1. The first kappa shape index (κ1) is 32.8. The molecule has 0 saturated heterocycles. The lowest BCUT2D eigenvalue weighted by atomic mass is 10.2. The van der Waals surface area contributed by atoms with Gasteiger partial charge in [0, 0.05) is 22.8 Å². The molecule has 4 N–H and O–H groups in total. The van der Waals surface area contributed by atoms with Gasteiger partial charge in [-0.25, -0.2) is 17.9 Å². The Morgan fingerprint density at radius 2 is 1.70 bits per heavy atom. The van der Waals surface area contributed by atoms with Crippen LogP contribution in [0.3, 0.4) is 0 Å². The van der Waals surface area contributed by atoms with E-state index >= 15 is 0 Å². The summed E-state index contributed by atoms with van der Waals surface area (Å²) in [7, 11) is -4.59. The quantitative estimate of drug-likeness (QED) is 0.147. The molecule has 3 aromatic rings. The topological polar surface area (TPSA) is 203 Å². The molecule has 0 bridgehead atoms. The maximum Gasteiger partial charge on any atom is 0.412 e. The molecule has 0 heterocycles. The number of carboxylic acid groups (broad SMARTS) is 1. The lowest BCUT2D eigenvalue weighted by Crippen LogP contribution is -2.31. The number of aliphatic carboxylic acids is 1. The van der Waals surface area contributed by atoms with Crippen LogP contribution in [-0.4, -0.2) is 48.6 Å². The van der Waals surface area contributed by atoms with Gasteiger partial charge in [-0.2, -0.15) is 0 Å². The van der Waals surface area contributed by atoms with Gasteiger partial charge in [-0.05, 0) is 75.4 Å². The van der Waals surface area contributed by atoms with Gasteiger partial charge in [-0.1, -0.05) is 15.9 Å². The summed E-state index contributed by atoms with van der Waals surface area (Å²) in [6.07, 6.45) is -0.972. The maximum absolute atomic E-state index is 13.1. The molecule has 0 saturated carbocycles. The summed E-state index contributed by atoms with van der Waals surface area (Å²) in [4.78, 5) is 45.9. The lowest BCUT2D eigenvalue weighted by molar-refractivity contribution is -0.384. The highest BCUT2D eigenvalue weighted by atomic mass is 79.9. The zero-order valence-corrected chi connectivity index (χ0v) is 25.4. The Kier molecular flexibility index (Phi) is 10.3. The number of hydrogen-bond acceptors (Lipinski definition) is 10. The fourth-order valence-electron chi connectivity index (χ4n) is 3.44. The van der Waals surface area contributed by atoms with Crippen molar-refractivity contribution >= 4 is 61.0 Å². The fourth-order valence-corrected chi connectivity index (χ4v) is 4.77. The van der Waals surface area contributed by atoms with Crippen molar-refractivity contribution in [3.8, 4) is 11.5 Å². The summed E-state index contributed by atoms with van der Waals surface area (Å²) in [5, 5.41) is 25.5. The van der Waals surface area contributed by atoms with E-state index in [9.17, 15) is 32.9 Å². The molecule has 3 rings (SSSR count). The molecule has 0 fully saturated rings. The van der Waals surface area contributed by atoms with Crippen molar-refractivity contribution in [2.75, 3.05) is 17.2 Å². The van der Waals surface area contributed by atoms with Crippen molar-refractivity contribution in [2.45, 2.75) is 37.7 Å². The predicted octanol–water partition coefficient (Wildman–Crippen LogP) is 5.50.